The van der Waals surface area contributed by atoms with Gasteiger partial charge in [-0.1, -0.05) is 11.6 Å². The number of carbonyl (C=O) groups is 1. The van der Waals surface area contributed by atoms with E-state index in [2.05, 4.69) is 5.32 Å². The summed E-state index contributed by atoms with van der Waals surface area (Å²) in [6.45, 7) is 1.88. The summed E-state index contributed by atoms with van der Waals surface area (Å²) in [5, 5.41) is 13.5. The number of nitrogens with two attached hydrogens (primary N) is 1. The predicted octanol–water partition coefficient (Wildman–Crippen LogP) is 2.98. The van der Waals surface area contributed by atoms with Crippen molar-refractivity contribution in [2.75, 3.05) is 18.6 Å². The molecule has 2 unspecified atom stereocenters. The first-order valence-corrected chi connectivity index (χ1v) is 8.88. The Kier molecular flexibility index (Phi) is 5.37. The van der Waals surface area contributed by atoms with Gasteiger partial charge in [-0.25, -0.2) is 0 Å². The van der Waals surface area contributed by atoms with E-state index in [1.807, 2.05) is 19.2 Å². The minimum atomic E-state index is -0.218. The zero-order valence-electron chi connectivity index (χ0n) is 11.7. The molecule has 2 aromatic rings. The highest BCUT2D eigenvalue weighted by Crippen LogP contribution is 2.35. The lowest BCUT2D eigenvalue weighted by molar-refractivity contribution is 0.0941. The predicted molar refractivity (Wildman–Crippen MR) is 92.6 cm³/mol. The number of anilines is 1. The fourth-order valence-corrected chi connectivity index (χ4v) is 3.86. The Morgan fingerprint density at radius 2 is 2.29 bits per heavy atom. The molecular weight excluding hydrogens is 328 g/mol. The van der Waals surface area contributed by atoms with E-state index < -0.39 is 0 Å². The maximum Gasteiger partial charge on any atom is 0.263 e. The number of thiophene rings is 1. The molecule has 0 aliphatic rings. The molecule has 2 rings (SSSR count). The highest BCUT2D eigenvalue weighted by molar-refractivity contribution is 7.99. The Morgan fingerprint density at radius 3 is 2.90 bits per heavy atom. The van der Waals surface area contributed by atoms with Crippen LogP contribution < -0.4 is 11.1 Å². The Hall–Kier alpha value is -0.950. The van der Waals surface area contributed by atoms with Gasteiger partial charge < -0.3 is 16.2 Å². The molecule has 7 heteroatoms. The first kappa shape index (κ1) is 16.4. The Balaban J connectivity index is 2.25. The summed E-state index contributed by atoms with van der Waals surface area (Å²) >= 11 is 8.82. The van der Waals surface area contributed by atoms with E-state index in [0.29, 0.717) is 15.6 Å². The summed E-state index contributed by atoms with van der Waals surface area (Å²) in [5.41, 5.74) is 6.51. The van der Waals surface area contributed by atoms with Gasteiger partial charge in [0.2, 0.25) is 0 Å². The minimum Gasteiger partial charge on any atom is -0.397 e. The topological polar surface area (TPSA) is 75.3 Å². The monoisotopic (exact) mass is 344 g/mol. The molecule has 114 valence electrons. The van der Waals surface area contributed by atoms with Crippen LogP contribution in [0.2, 0.25) is 5.02 Å². The van der Waals surface area contributed by atoms with Crippen molar-refractivity contribution in [2.45, 2.75) is 18.2 Å². The number of aliphatic hydroxyl groups excluding tert-OH is 1. The number of hydrogen-bond acceptors (Lipinski definition) is 5. The van der Waals surface area contributed by atoms with Crippen LogP contribution in [0.15, 0.2) is 18.2 Å². The van der Waals surface area contributed by atoms with Gasteiger partial charge in [-0.3, -0.25) is 4.79 Å². The maximum absolute atomic E-state index is 12.4. The van der Waals surface area contributed by atoms with Crippen LogP contribution in [-0.4, -0.2) is 35.2 Å². The molecule has 0 bridgehead atoms. The third-order valence-corrected chi connectivity index (χ3v) is 5.88. The highest BCUT2D eigenvalue weighted by Gasteiger charge is 2.21. The number of nitrogen functional groups attached to an aromatic ring is 1. The van der Waals surface area contributed by atoms with Gasteiger partial charge in [0.15, 0.2) is 0 Å². The second kappa shape index (κ2) is 6.87. The molecule has 0 aliphatic heterocycles. The number of rotatable bonds is 5. The van der Waals surface area contributed by atoms with Crippen molar-refractivity contribution in [3.8, 4) is 0 Å². The zero-order chi connectivity index (χ0) is 15.6. The second-order valence-electron chi connectivity index (χ2n) is 4.70. The molecule has 4 nitrogen and oxygen atoms in total. The number of amides is 1. The van der Waals surface area contributed by atoms with Crippen LogP contribution in [0.4, 0.5) is 5.69 Å². The molecule has 1 amide bonds. The van der Waals surface area contributed by atoms with Gasteiger partial charge in [-0.2, -0.15) is 11.8 Å². The molecule has 0 saturated heterocycles. The normalized spacial score (nSPS) is 14.1. The molecular formula is C14H17ClN2O2S2. The standard InChI is InChI=1S/C14H17ClN2O2S2/c1-7(11(6-18)20-2)17-14(19)13-12(16)9-5-8(15)3-4-10(9)21-13/h3-5,7,11,18H,6,16H2,1-2H3,(H,17,19). The molecule has 0 spiro atoms. The average molecular weight is 345 g/mol. The van der Waals surface area contributed by atoms with Crippen LogP contribution in [0.3, 0.4) is 0 Å². The molecule has 1 aromatic carbocycles. The van der Waals surface area contributed by atoms with E-state index in [4.69, 9.17) is 17.3 Å². The van der Waals surface area contributed by atoms with Gasteiger partial charge in [0.1, 0.15) is 4.88 Å². The second-order valence-corrected chi connectivity index (χ2v) is 7.27. The van der Waals surface area contributed by atoms with Crippen molar-refractivity contribution >= 4 is 56.4 Å². The van der Waals surface area contributed by atoms with Crippen molar-refractivity contribution < 1.29 is 9.90 Å². The van der Waals surface area contributed by atoms with Gasteiger partial charge in [-0.05, 0) is 31.4 Å². The lowest BCUT2D eigenvalue weighted by Gasteiger charge is -2.21. The summed E-state index contributed by atoms with van der Waals surface area (Å²) in [4.78, 5) is 12.8. The van der Waals surface area contributed by atoms with E-state index in [9.17, 15) is 9.90 Å². The van der Waals surface area contributed by atoms with Crippen molar-refractivity contribution in [3.63, 3.8) is 0 Å². The Labute approximate surface area is 136 Å². The van der Waals surface area contributed by atoms with Crippen molar-refractivity contribution in [1.29, 1.82) is 0 Å². The van der Waals surface area contributed by atoms with Gasteiger partial charge in [0.25, 0.3) is 5.91 Å². The van der Waals surface area contributed by atoms with Gasteiger partial charge in [0.05, 0.1) is 12.3 Å². The maximum atomic E-state index is 12.4. The largest absolute Gasteiger partial charge is 0.397 e. The van der Waals surface area contributed by atoms with Crippen LogP contribution in [-0.2, 0) is 0 Å². The summed E-state index contributed by atoms with van der Waals surface area (Å²) in [6.07, 6.45) is 1.90. The molecule has 0 aliphatic carbocycles. The molecule has 0 radical (unpaired) electrons. The quantitative estimate of drug-likeness (QED) is 0.779. The third kappa shape index (κ3) is 3.45. The first-order valence-electron chi connectivity index (χ1n) is 6.40. The molecule has 0 fully saturated rings. The first-order chi connectivity index (χ1) is 9.97. The summed E-state index contributed by atoms with van der Waals surface area (Å²) in [6, 6.07) is 5.25. The molecule has 4 N–H and O–H groups in total. The van der Waals surface area contributed by atoms with Crippen LogP contribution in [0, 0.1) is 0 Å². The fourth-order valence-electron chi connectivity index (χ4n) is 2.06. The number of halogens is 1. The van der Waals surface area contributed by atoms with Crippen molar-refractivity contribution in [1.82, 2.24) is 5.32 Å². The highest BCUT2D eigenvalue weighted by atomic mass is 35.5. The number of hydrogen-bond donors (Lipinski definition) is 3. The molecule has 1 heterocycles. The smallest absolute Gasteiger partial charge is 0.263 e. The fraction of sp³-hybridized carbons (Fsp3) is 0.357. The van der Waals surface area contributed by atoms with Crippen molar-refractivity contribution in [2.24, 2.45) is 0 Å². The lowest BCUT2D eigenvalue weighted by atomic mass is 10.2. The minimum absolute atomic E-state index is 0.0140. The molecule has 21 heavy (non-hydrogen) atoms. The number of thioether (sulfide) groups is 1. The molecule has 2 atom stereocenters. The van der Waals surface area contributed by atoms with E-state index in [1.165, 1.54) is 23.1 Å². The van der Waals surface area contributed by atoms with Crippen LogP contribution in [0.25, 0.3) is 10.1 Å². The van der Waals surface area contributed by atoms with Crippen LogP contribution in [0.5, 0.6) is 0 Å². The number of nitrogens with one attached hydrogen (secondary N) is 1. The van der Waals surface area contributed by atoms with Crippen molar-refractivity contribution in [3.05, 3.63) is 28.1 Å². The van der Waals surface area contributed by atoms with Gasteiger partial charge in [0, 0.05) is 26.4 Å². The number of benzene rings is 1. The molecule has 1 aromatic heterocycles. The van der Waals surface area contributed by atoms with Crippen LogP contribution >= 0.6 is 34.7 Å². The van der Waals surface area contributed by atoms with E-state index in [0.717, 1.165) is 10.1 Å². The van der Waals surface area contributed by atoms with E-state index >= 15 is 0 Å². The summed E-state index contributed by atoms with van der Waals surface area (Å²) < 4.78 is 0.929. The summed E-state index contributed by atoms with van der Waals surface area (Å²) in [5.74, 6) is -0.218. The molecule has 0 saturated carbocycles. The SMILES string of the molecule is CSC(CO)C(C)NC(=O)c1sc2ccc(Cl)cc2c1N. The number of aliphatic hydroxyl groups is 1. The zero-order valence-corrected chi connectivity index (χ0v) is 14.1. The van der Waals surface area contributed by atoms with Crippen LogP contribution in [0.1, 0.15) is 16.6 Å². The number of carbonyl (C=O) groups excluding carboxylic acids is 1. The lowest BCUT2D eigenvalue weighted by Crippen LogP contribution is -2.41. The van der Waals surface area contributed by atoms with E-state index in [1.54, 1.807) is 12.1 Å². The van der Waals surface area contributed by atoms with Gasteiger partial charge >= 0.3 is 0 Å². The average Bonchev–Trinajstić information content (AvgIpc) is 2.77. The third-order valence-electron chi connectivity index (χ3n) is 3.29. The van der Waals surface area contributed by atoms with E-state index in [-0.39, 0.29) is 23.8 Å². The van der Waals surface area contributed by atoms with Gasteiger partial charge in [-0.15, -0.1) is 11.3 Å². The Bertz CT molecular complexity index is 656. The Morgan fingerprint density at radius 1 is 1.57 bits per heavy atom. The number of fused-ring (bicyclic) bond motifs is 1. The summed E-state index contributed by atoms with van der Waals surface area (Å²) in [7, 11) is 0.